The Kier molecular flexibility index (Phi) is 4.07. The lowest BCUT2D eigenvalue weighted by Gasteiger charge is -2.28. The van der Waals surface area contributed by atoms with Crippen LogP contribution in [0.3, 0.4) is 0 Å². The van der Waals surface area contributed by atoms with Gasteiger partial charge in [-0.2, -0.15) is 0 Å². The highest BCUT2D eigenvalue weighted by molar-refractivity contribution is 5.94. The van der Waals surface area contributed by atoms with E-state index in [0.29, 0.717) is 30.8 Å². The lowest BCUT2D eigenvalue weighted by molar-refractivity contribution is 0.0252. The summed E-state index contributed by atoms with van der Waals surface area (Å²) in [5, 5.41) is 13.4. The molecule has 1 aliphatic rings. The van der Waals surface area contributed by atoms with Crippen molar-refractivity contribution < 1.29 is 14.6 Å². The van der Waals surface area contributed by atoms with E-state index >= 15 is 0 Å². The van der Waals surface area contributed by atoms with Gasteiger partial charge in [-0.25, -0.2) is 0 Å². The molecule has 1 amide bonds. The number of nitrogens with zero attached hydrogens (tertiary/aromatic N) is 1. The molecular formula is C14H20N2O3. The van der Waals surface area contributed by atoms with Crippen LogP contribution in [-0.4, -0.2) is 55.3 Å². The number of carbonyl (C=O) groups is 1. The molecular weight excluding hydrogens is 244 g/mol. The number of nitrogens with one attached hydrogen (secondary N) is 1. The molecule has 19 heavy (non-hydrogen) atoms. The first kappa shape index (κ1) is 13.8. The molecule has 1 saturated heterocycles. The standard InChI is InChI=1S/C14H20N2O3/c1-16(10-14(18)6-7-15-9-14)13(17)11-4-3-5-12(8-11)19-2/h3-5,8,15,18H,6-7,9-10H2,1-2H3. The van der Waals surface area contributed by atoms with Gasteiger partial charge in [0.15, 0.2) is 0 Å². The fraction of sp³-hybridized carbons (Fsp3) is 0.500. The van der Waals surface area contributed by atoms with Crippen LogP contribution in [0.4, 0.5) is 0 Å². The summed E-state index contributed by atoms with van der Waals surface area (Å²) in [5.41, 5.74) is -0.250. The number of ether oxygens (including phenoxy) is 1. The van der Waals surface area contributed by atoms with Crippen LogP contribution in [0.15, 0.2) is 24.3 Å². The molecule has 5 nitrogen and oxygen atoms in total. The van der Waals surface area contributed by atoms with Crippen molar-refractivity contribution in [3.8, 4) is 5.75 Å². The van der Waals surface area contributed by atoms with Gasteiger partial charge in [-0.3, -0.25) is 4.79 Å². The monoisotopic (exact) mass is 264 g/mol. The summed E-state index contributed by atoms with van der Waals surface area (Å²) < 4.78 is 5.11. The highest BCUT2D eigenvalue weighted by Crippen LogP contribution is 2.18. The summed E-state index contributed by atoms with van der Waals surface area (Å²) in [6, 6.07) is 7.03. The number of methoxy groups -OCH3 is 1. The van der Waals surface area contributed by atoms with Crippen LogP contribution in [0.5, 0.6) is 5.75 Å². The maximum atomic E-state index is 12.3. The van der Waals surface area contributed by atoms with Gasteiger partial charge in [0.1, 0.15) is 5.75 Å². The fourth-order valence-corrected chi connectivity index (χ4v) is 2.36. The number of benzene rings is 1. The van der Waals surface area contributed by atoms with E-state index in [2.05, 4.69) is 5.32 Å². The molecule has 1 heterocycles. The third-order valence-corrected chi connectivity index (χ3v) is 3.42. The van der Waals surface area contributed by atoms with Crippen molar-refractivity contribution >= 4 is 5.91 Å². The fourth-order valence-electron chi connectivity index (χ4n) is 2.36. The highest BCUT2D eigenvalue weighted by atomic mass is 16.5. The molecule has 104 valence electrons. The van der Waals surface area contributed by atoms with Crippen molar-refractivity contribution in [2.75, 3.05) is 33.8 Å². The number of likely N-dealkylation sites (N-methyl/N-ethyl adjacent to an activating group) is 1. The zero-order valence-corrected chi connectivity index (χ0v) is 11.3. The van der Waals surface area contributed by atoms with Gasteiger partial charge in [0, 0.05) is 19.2 Å². The van der Waals surface area contributed by atoms with E-state index in [-0.39, 0.29) is 5.91 Å². The van der Waals surface area contributed by atoms with Crippen LogP contribution in [0, 0.1) is 0 Å². The third kappa shape index (κ3) is 3.24. The zero-order chi connectivity index (χ0) is 13.9. The maximum absolute atomic E-state index is 12.3. The number of aliphatic hydroxyl groups is 1. The van der Waals surface area contributed by atoms with Gasteiger partial charge in [0.2, 0.25) is 0 Å². The number of hydrogen-bond donors (Lipinski definition) is 2. The number of amides is 1. The van der Waals surface area contributed by atoms with Crippen LogP contribution in [0.1, 0.15) is 16.8 Å². The smallest absolute Gasteiger partial charge is 0.253 e. The maximum Gasteiger partial charge on any atom is 0.253 e. The molecule has 0 spiro atoms. The van der Waals surface area contributed by atoms with E-state index in [0.717, 1.165) is 6.54 Å². The third-order valence-electron chi connectivity index (χ3n) is 3.42. The number of rotatable bonds is 4. The Balaban J connectivity index is 2.05. The molecule has 0 saturated carbocycles. The highest BCUT2D eigenvalue weighted by Gasteiger charge is 2.33. The minimum absolute atomic E-state index is 0.112. The summed E-state index contributed by atoms with van der Waals surface area (Å²) in [6.45, 7) is 1.65. The van der Waals surface area contributed by atoms with Crippen molar-refractivity contribution in [1.82, 2.24) is 10.2 Å². The molecule has 1 unspecified atom stereocenters. The summed E-state index contributed by atoms with van der Waals surface area (Å²) in [4.78, 5) is 13.8. The summed E-state index contributed by atoms with van der Waals surface area (Å²) in [5.74, 6) is 0.541. The first-order valence-electron chi connectivity index (χ1n) is 6.37. The number of β-amino-alcohol motifs (C(OH)–C–C–N with tert-alkyl or cyclic N) is 1. The van der Waals surface area contributed by atoms with Crippen LogP contribution in [-0.2, 0) is 0 Å². The predicted octanol–water partition coefficient (Wildman–Crippen LogP) is 0.492. The van der Waals surface area contributed by atoms with Crippen LogP contribution < -0.4 is 10.1 Å². The van der Waals surface area contributed by atoms with Crippen LogP contribution in [0.2, 0.25) is 0 Å². The second-order valence-electron chi connectivity index (χ2n) is 5.04. The second-order valence-corrected chi connectivity index (χ2v) is 5.04. The minimum Gasteiger partial charge on any atom is -0.497 e. The van der Waals surface area contributed by atoms with E-state index in [1.807, 2.05) is 0 Å². The second kappa shape index (κ2) is 5.59. The lowest BCUT2D eigenvalue weighted by atomic mass is 10.0. The Labute approximate surface area is 113 Å². The van der Waals surface area contributed by atoms with Crippen LogP contribution in [0.25, 0.3) is 0 Å². The quantitative estimate of drug-likeness (QED) is 0.831. The largest absolute Gasteiger partial charge is 0.497 e. The number of carbonyl (C=O) groups excluding carboxylic acids is 1. The van der Waals surface area contributed by atoms with E-state index in [1.54, 1.807) is 43.3 Å². The molecule has 0 aromatic heterocycles. The Morgan fingerprint density at radius 2 is 2.37 bits per heavy atom. The van der Waals surface area contributed by atoms with Crippen LogP contribution >= 0.6 is 0 Å². The summed E-state index contributed by atoms with van der Waals surface area (Å²) >= 11 is 0. The molecule has 0 radical (unpaired) electrons. The average molecular weight is 264 g/mol. The van der Waals surface area contributed by atoms with E-state index in [4.69, 9.17) is 4.74 Å². The Morgan fingerprint density at radius 1 is 1.58 bits per heavy atom. The van der Waals surface area contributed by atoms with Gasteiger partial charge < -0.3 is 20.1 Å². The van der Waals surface area contributed by atoms with Gasteiger partial charge in [0.25, 0.3) is 5.91 Å². The molecule has 1 aromatic rings. The van der Waals surface area contributed by atoms with E-state index < -0.39 is 5.60 Å². The molecule has 1 atom stereocenters. The Bertz CT molecular complexity index is 456. The van der Waals surface area contributed by atoms with Gasteiger partial charge >= 0.3 is 0 Å². The normalized spacial score (nSPS) is 22.3. The zero-order valence-electron chi connectivity index (χ0n) is 11.3. The molecule has 0 bridgehead atoms. The summed E-state index contributed by atoms with van der Waals surface area (Å²) in [6.07, 6.45) is 0.669. The molecule has 2 N–H and O–H groups in total. The average Bonchev–Trinajstić information content (AvgIpc) is 2.84. The van der Waals surface area contributed by atoms with Gasteiger partial charge in [0.05, 0.1) is 19.3 Å². The first-order valence-corrected chi connectivity index (χ1v) is 6.37. The molecule has 1 aromatic carbocycles. The summed E-state index contributed by atoms with van der Waals surface area (Å²) in [7, 11) is 3.28. The molecule has 2 rings (SSSR count). The van der Waals surface area contributed by atoms with Crippen molar-refractivity contribution in [1.29, 1.82) is 0 Å². The topological polar surface area (TPSA) is 61.8 Å². The minimum atomic E-state index is -0.816. The molecule has 0 aliphatic carbocycles. The van der Waals surface area contributed by atoms with Crippen molar-refractivity contribution in [2.45, 2.75) is 12.0 Å². The van der Waals surface area contributed by atoms with Gasteiger partial charge in [-0.15, -0.1) is 0 Å². The molecule has 1 fully saturated rings. The van der Waals surface area contributed by atoms with Crippen molar-refractivity contribution in [2.24, 2.45) is 0 Å². The van der Waals surface area contributed by atoms with E-state index in [9.17, 15) is 9.90 Å². The van der Waals surface area contributed by atoms with Crippen molar-refractivity contribution in [3.63, 3.8) is 0 Å². The Hall–Kier alpha value is -1.59. The first-order chi connectivity index (χ1) is 9.04. The van der Waals surface area contributed by atoms with Crippen molar-refractivity contribution in [3.05, 3.63) is 29.8 Å². The lowest BCUT2D eigenvalue weighted by Crippen LogP contribution is -2.45. The van der Waals surface area contributed by atoms with E-state index in [1.165, 1.54) is 0 Å². The Morgan fingerprint density at radius 3 is 3.00 bits per heavy atom. The molecule has 5 heteroatoms. The SMILES string of the molecule is COc1cccc(C(=O)N(C)CC2(O)CCNC2)c1. The molecule has 1 aliphatic heterocycles. The number of hydrogen-bond acceptors (Lipinski definition) is 4. The van der Waals surface area contributed by atoms with Gasteiger partial charge in [-0.1, -0.05) is 6.07 Å². The van der Waals surface area contributed by atoms with Gasteiger partial charge in [-0.05, 0) is 31.2 Å². The predicted molar refractivity (Wildman–Crippen MR) is 72.4 cm³/mol.